The molecule has 106 valence electrons. The summed E-state index contributed by atoms with van der Waals surface area (Å²) in [5.74, 6) is 0.744. The van der Waals surface area contributed by atoms with E-state index >= 15 is 0 Å². The Morgan fingerprint density at radius 1 is 1.30 bits per heavy atom. The van der Waals surface area contributed by atoms with Crippen LogP contribution in [0.5, 0.6) is 0 Å². The van der Waals surface area contributed by atoms with Gasteiger partial charge in [-0.1, -0.05) is 17.8 Å². The van der Waals surface area contributed by atoms with Crippen LogP contribution in [0.2, 0.25) is 0 Å². The average Bonchev–Trinajstić information content (AvgIpc) is 2.45. The van der Waals surface area contributed by atoms with Gasteiger partial charge in [0.15, 0.2) is 5.16 Å². The largest absolute Gasteiger partial charge is 0.384 e. The summed E-state index contributed by atoms with van der Waals surface area (Å²) >= 11 is 1.21. The van der Waals surface area contributed by atoms with Crippen LogP contribution in [0.25, 0.3) is 0 Å². The molecular formula is C12H13F2N5S. The highest BCUT2D eigenvalue weighted by Crippen LogP contribution is 2.22. The minimum Gasteiger partial charge on any atom is -0.384 e. The first-order chi connectivity index (χ1) is 9.58. The van der Waals surface area contributed by atoms with Crippen molar-refractivity contribution in [2.24, 2.45) is 0 Å². The number of anilines is 2. The normalized spacial score (nSPS) is 10.8. The maximum Gasteiger partial charge on any atom is 0.280 e. The van der Waals surface area contributed by atoms with Crippen molar-refractivity contribution in [3.63, 3.8) is 0 Å². The van der Waals surface area contributed by atoms with Gasteiger partial charge < -0.3 is 11.1 Å². The van der Waals surface area contributed by atoms with E-state index in [1.165, 1.54) is 17.8 Å². The van der Waals surface area contributed by atoms with Crippen LogP contribution in [0.4, 0.5) is 20.4 Å². The van der Waals surface area contributed by atoms with E-state index in [1.54, 1.807) is 24.5 Å². The molecule has 0 aliphatic carbocycles. The zero-order chi connectivity index (χ0) is 14.5. The quantitative estimate of drug-likeness (QED) is 0.653. The molecule has 2 aromatic rings. The third kappa shape index (κ3) is 3.77. The van der Waals surface area contributed by atoms with Crippen molar-refractivity contribution in [1.29, 1.82) is 0 Å². The monoisotopic (exact) mass is 297 g/mol. The van der Waals surface area contributed by atoms with Crippen LogP contribution in [0, 0.1) is 0 Å². The predicted molar refractivity (Wildman–Crippen MR) is 74.7 cm³/mol. The number of nitrogens with one attached hydrogen (secondary N) is 1. The Bertz CT molecular complexity index is 594. The lowest BCUT2D eigenvalue weighted by atomic mass is 10.3. The first-order valence-corrected chi connectivity index (χ1v) is 6.97. The van der Waals surface area contributed by atoms with Crippen molar-refractivity contribution >= 4 is 23.4 Å². The molecule has 2 heterocycles. The lowest BCUT2D eigenvalue weighted by molar-refractivity contribution is 0.145. The van der Waals surface area contributed by atoms with Crippen LogP contribution in [-0.2, 0) is 6.54 Å². The fourth-order valence-corrected chi connectivity index (χ4v) is 1.90. The lowest BCUT2D eigenvalue weighted by Gasteiger charge is -2.08. The summed E-state index contributed by atoms with van der Waals surface area (Å²) in [6.45, 7) is 0.346. The summed E-state index contributed by atoms with van der Waals surface area (Å²) in [7, 11) is 0. The first-order valence-electron chi connectivity index (χ1n) is 5.75. The molecule has 8 heteroatoms. The molecular weight excluding hydrogens is 284 g/mol. The second kappa shape index (κ2) is 6.47. The van der Waals surface area contributed by atoms with E-state index in [-0.39, 0.29) is 5.69 Å². The molecule has 0 saturated heterocycles. The number of hydrogen-bond acceptors (Lipinski definition) is 6. The molecule has 0 unspecified atom stereocenters. The van der Waals surface area contributed by atoms with Gasteiger partial charge in [0.05, 0.1) is 12.2 Å². The van der Waals surface area contributed by atoms with Crippen molar-refractivity contribution < 1.29 is 8.78 Å². The van der Waals surface area contributed by atoms with E-state index in [1.807, 2.05) is 0 Å². The minimum absolute atomic E-state index is 0.297. The zero-order valence-corrected chi connectivity index (χ0v) is 11.5. The van der Waals surface area contributed by atoms with Crippen LogP contribution >= 0.6 is 11.8 Å². The van der Waals surface area contributed by atoms with Crippen LogP contribution in [-0.4, -0.2) is 21.2 Å². The summed E-state index contributed by atoms with van der Waals surface area (Å²) in [5.41, 5.74) is 5.97. The predicted octanol–water partition coefficient (Wildman–Crippen LogP) is 2.73. The number of hydrogen-bond donors (Lipinski definition) is 2. The number of halogens is 2. The summed E-state index contributed by atoms with van der Waals surface area (Å²) in [6.07, 6.45) is -0.900. The van der Waals surface area contributed by atoms with Crippen molar-refractivity contribution in [2.45, 2.75) is 18.1 Å². The smallest absolute Gasteiger partial charge is 0.280 e. The Labute approximate surface area is 119 Å². The van der Waals surface area contributed by atoms with Crippen molar-refractivity contribution in [3.8, 4) is 0 Å². The molecule has 0 aromatic carbocycles. The van der Waals surface area contributed by atoms with Crippen LogP contribution in [0.3, 0.4) is 0 Å². The Morgan fingerprint density at radius 3 is 2.75 bits per heavy atom. The summed E-state index contributed by atoms with van der Waals surface area (Å²) in [4.78, 5) is 12.0. The molecule has 2 rings (SSSR count). The molecule has 0 spiro atoms. The molecule has 20 heavy (non-hydrogen) atoms. The molecule has 0 radical (unpaired) electrons. The third-order valence-electron chi connectivity index (χ3n) is 2.41. The number of nitrogens with zero attached hydrogens (tertiary/aromatic N) is 3. The molecule has 0 fully saturated rings. The van der Waals surface area contributed by atoms with Crippen LogP contribution in [0.15, 0.2) is 29.4 Å². The van der Waals surface area contributed by atoms with Gasteiger partial charge in [-0.15, -0.1) is 0 Å². The highest BCUT2D eigenvalue weighted by atomic mass is 32.2. The summed E-state index contributed by atoms with van der Waals surface area (Å²) < 4.78 is 25.4. The second-order valence-electron chi connectivity index (χ2n) is 3.87. The molecule has 0 aliphatic heterocycles. The van der Waals surface area contributed by atoms with Gasteiger partial charge in [0.1, 0.15) is 17.3 Å². The molecule has 0 saturated carbocycles. The fourth-order valence-electron chi connectivity index (χ4n) is 1.51. The molecule has 0 aliphatic rings. The fraction of sp³-hybridized carbons (Fsp3) is 0.250. The van der Waals surface area contributed by atoms with E-state index in [9.17, 15) is 8.78 Å². The highest BCUT2D eigenvalue weighted by Gasteiger charge is 2.12. The van der Waals surface area contributed by atoms with E-state index in [0.29, 0.717) is 29.0 Å². The van der Waals surface area contributed by atoms with Crippen molar-refractivity contribution in [2.75, 3.05) is 17.3 Å². The number of alkyl halides is 2. The third-order valence-corrected chi connectivity index (χ3v) is 2.96. The van der Waals surface area contributed by atoms with E-state index in [0.717, 1.165) is 0 Å². The van der Waals surface area contributed by atoms with Crippen LogP contribution in [0.1, 0.15) is 17.8 Å². The van der Waals surface area contributed by atoms with E-state index in [4.69, 9.17) is 5.73 Å². The number of rotatable bonds is 5. The topological polar surface area (TPSA) is 76.7 Å². The van der Waals surface area contributed by atoms with Gasteiger partial charge in [0, 0.05) is 6.07 Å². The lowest BCUT2D eigenvalue weighted by Crippen LogP contribution is -2.06. The average molecular weight is 297 g/mol. The molecule has 2 aromatic heterocycles. The number of nitrogen functional groups attached to an aromatic ring is 1. The standard InChI is InChI=1S/C12H13F2N5S/c1-20-12-18-8(11(13)14)5-10(19-12)16-6-7-3-2-4-9(15)17-7/h2-5,11H,6H2,1H3,(H2,15,17)(H,16,18,19). The Morgan fingerprint density at radius 2 is 2.10 bits per heavy atom. The number of aromatic nitrogens is 3. The minimum atomic E-state index is -2.63. The molecule has 3 N–H and O–H groups in total. The van der Waals surface area contributed by atoms with Crippen molar-refractivity contribution in [1.82, 2.24) is 15.0 Å². The first kappa shape index (κ1) is 14.4. The maximum atomic E-state index is 12.7. The Kier molecular flexibility index (Phi) is 4.67. The van der Waals surface area contributed by atoms with Gasteiger partial charge in [-0.2, -0.15) is 0 Å². The van der Waals surface area contributed by atoms with Gasteiger partial charge in [0.2, 0.25) is 0 Å². The number of nitrogens with two attached hydrogens (primary N) is 1. The Hall–Kier alpha value is -1.96. The van der Waals surface area contributed by atoms with Crippen LogP contribution < -0.4 is 11.1 Å². The highest BCUT2D eigenvalue weighted by molar-refractivity contribution is 7.98. The summed E-state index contributed by atoms with van der Waals surface area (Å²) in [5, 5.41) is 3.24. The summed E-state index contributed by atoms with van der Waals surface area (Å²) in [6, 6.07) is 6.47. The van der Waals surface area contributed by atoms with Gasteiger partial charge in [-0.25, -0.2) is 23.7 Å². The molecule has 5 nitrogen and oxygen atoms in total. The molecule has 0 amide bonds. The van der Waals surface area contributed by atoms with E-state index in [2.05, 4.69) is 20.3 Å². The zero-order valence-electron chi connectivity index (χ0n) is 10.7. The SMILES string of the molecule is CSc1nc(NCc2cccc(N)n2)cc(C(F)F)n1. The maximum absolute atomic E-state index is 12.7. The number of thioether (sulfide) groups is 1. The van der Waals surface area contributed by atoms with E-state index < -0.39 is 6.43 Å². The molecule has 0 atom stereocenters. The van der Waals surface area contributed by atoms with Gasteiger partial charge in [-0.05, 0) is 18.4 Å². The van der Waals surface area contributed by atoms with Gasteiger partial charge in [0.25, 0.3) is 6.43 Å². The van der Waals surface area contributed by atoms with Crippen molar-refractivity contribution in [3.05, 3.63) is 35.7 Å². The Balaban J connectivity index is 2.14. The van der Waals surface area contributed by atoms with Gasteiger partial charge >= 0.3 is 0 Å². The second-order valence-corrected chi connectivity index (χ2v) is 4.65. The molecule has 0 bridgehead atoms. The van der Waals surface area contributed by atoms with Gasteiger partial charge in [-0.3, -0.25) is 0 Å². The number of pyridine rings is 1.